The van der Waals surface area contributed by atoms with E-state index < -0.39 is 19.4 Å². The lowest BCUT2D eigenvalue weighted by atomic mass is 10.1. The molecule has 1 unspecified atom stereocenters. The van der Waals surface area contributed by atoms with Gasteiger partial charge in [-0.05, 0) is 57.7 Å². The van der Waals surface area contributed by atoms with Crippen LogP contribution in [0.5, 0.6) is 0 Å². The van der Waals surface area contributed by atoms with E-state index in [0.717, 1.165) is 42.4 Å². The van der Waals surface area contributed by atoms with E-state index >= 15 is 0 Å². The maximum absolute atomic E-state index is 12.6. The molecule has 0 radical (unpaired) electrons. The zero-order valence-electron chi connectivity index (χ0n) is 18.0. The van der Waals surface area contributed by atoms with Gasteiger partial charge in [-0.15, -0.1) is 4.72 Å². The van der Waals surface area contributed by atoms with Crippen LogP contribution in [0.2, 0.25) is 25.7 Å². The van der Waals surface area contributed by atoms with Gasteiger partial charge in [0.15, 0.2) is 5.65 Å². The van der Waals surface area contributed by atoms with E-state index in [2.05, 4.69) is 35.4 Å². The molecule has 28 heavy (non-hydrogen) atoms. The monoisotopic (exact) mass is 422 g/mol. The van der Waals surface area contributed by atoms with Gasteiger partial charge in [-0.1, -0.05) is 19.6 Å². The van der Waals surface area contributed by atoms with Crippen LogP contribution in [0.15, 0.2) is 18.5 Å². The van der Waals surface area contributed by atoms with Gasteiger partial charge in [-0.2, -0.15) is 0 Å². The number of hydrogen-bond acceptors (Lipinski definition) is 5. The minimum Gasteiger partial charge on any atom is -0.598 e. The van der Waals surface area contributed by atoms with Crippen molar-refractivity contribution in [2.24, 2.45) is 5.92 Å². The molecule has 1 aliphatic rings. The lowest BCUT2D eigenvalue weighted by molar-refractivity contribution is 0.0898. The summed E-state index contributed by atoms with van der Waals surface area (Å²) in [5, 5.41) is 0. The summed E-state index contributed by atoms with van der Waals surface area (Å²) in [6.07, 6.45) is 4.10. The van der Waals surface area contributed by atoms with E-state index in [1.807, 2.05) is 31.4 Å². The van der Waals surface area contributed by atoms with Crippen molar-refractivity contribution in [1.29, 1.82) is 0 Å². The lowest BCUT2D eigenvalue weighted by Crippen LogP contribution is -2.42. The lowest BCUT2D eigenvalue weighted by Gasteiger charge is -2.27. The maximum Gasteiger partial charge on any atom is 0.177 e. The van der Waals surface area contributed by atoms with E-state index in [0.29, 0.717) is 12.6 Å². The first-order valence-corrected chi connectivity index (χ1v) is 15.0. The molecule has 2 atom stereocenters. The van der Waals surface area contributed by atoms with Gasteiger partial charge in [-0.25, -0.2) is 9.97 Å². The first-order valence-electron chi connectivity index (χ1n) is 10.1. The van der Waals surface area contributed by atoms with Gasteiger partial charge < -0.3 is 13.9 Å². The highest BCUT2D eigenvalue weighted by Gasteiger charge is 2.39. The summed E-state index contributed by atoms with van der Waals surface area (Å²) >= 11 is -1.12. The smallest absolute Gasteiger partial charge is 0.177 e. The molecule has 6 nitrogen and oxygen atoms in total. The Bertz CT molecular complexity index is 796. The van der Waals surface area contributed by atoms with Crippen LogP contribution >= 0.6 is 0 Å². The van der Waals surface area contributed by atoms with Crippen LogP contribution < -0.4 is 4.72 Å². The Balaban J connectivity index is 1.70. The molecule has 2 aromatic heterocycles. The number of nitrogens with zero attached hydrogens (tertiary/aromatic N) is 3. The fraction of sp³-hybridized carbons (Fsp3) is 0.700. The van der Waals surface area contributed by atoms with Crippen LogP contribution in [0.3, 0.4) is 0 Å². The van der Waals surface area contributed by atoms with E-state index in [1.54, 1.807) is 6.33 Å². The normalized spacial score (nSPS) is 17.8. The third-order valence-corrected chi connectivity index (χ3v) is 8.22. The minimum absolute atomic E-state index is 0.0163. The Morgan fingerprint density at radius 3 is 2.64 bits per heavy atom. The first-order chi connectivity index (χ1) is 13.0. The number of nitrogens with one attached hydrogen (secondary N) is 1. The van der Waals surface area contributed by atoms with E-state index in [4.69, 9.17) is 9.72 Å². The minimum atomic E-state index is -1.12. The van der Waals surface area contributed by atoms with Crippen LogP contribution in [0.4, 0.5) is 0 Å². The molecule has 1 aliphatic carbocycles. The van der Waals surface area contributed by atoms with Gasteiger partial charge >= 0.3 is 0 Å². The second kappa shape index (κ2) is 8.43. The molecule has 0 aliphatic heterocycles. The van der Waals surface area contributed by atoms with E-state index in [9.17, 15) is 4.55 Å². The quantitative estimate of drug-likeness (QED) is 0.371. The summed E-state index contributed by atoms with van der Waals surface area (Å²) < 4.78 is 23.5. The number of ether oxygens (including phenoxy) is 1. The van der Waals surface area contributed by atoms with Crippen LogP contribution in [-0.4, -0.2) is 38.5 Å². The fourth-order valence-electron chi connectivity index (χ4n) is 2.90. The summed E-state index contributed by atoms with van der Waals surface area (Å²) in [5.41, 5.74) is 2.63. The molecular weight excluding hydrogens is 388 g/mol. The Morgan fingerprint density at radius 1 is 1.32 bits per heavy atom. The third kappa shape index (κ3) is 5.79. The van der Waals surface area contributed by atoms with Crippen molar-refractivity contribution >= 4 is 30.6 Å². The molecule has 0 aromatic carbocycles. The summed E-state index contributed by atoms with van der Waals surface area (Å²) in [5.74, 6) is 0.503. The predicted molar refractivity (Wildman–Crippen MR) is 118 cm³/mol. The first kappa shape index (κ1) is 21.8. The number of rotatable bonds is 9. The number of hydrogen-bond donors (Lipinski definition) is 1. The molecule has 0 bridgehead atoms. The van der Waals surface area contributed by atoms with E-state index in [1.165, 1.54) is 0 Å². The molecule has 0 spiro atoms. The highest BCUT2D eigenvalue weighted by atomic mass is 32.2. The topological polar surface area (TPSA) is 75.0 Å². The number of imidazole rings is 1. The molecule has 1 N–H and O–H groups in total. The van der Waals surface area contributed by atoms with Crippen molar-refractivity contribution < 1.29 is 9.29 Å². The maximum atomic E-state index is 12.6. The number of pyridine rings is 1. The Hall–Kier alpha value is -0.933. The SMILES string of the molecule is CC(C)(C)[S+]([O-])N[C@@H](c1ccc2c(ncn2COCC[Si](C)(C)C)n1)C1CC1. The molecule has 8 heteroatoms. The van der Waals surface area contributed by atoms with Crippen molar-refractivity contribution in [3.05, 3.63) is 24.2 Å². The average molecular weight is 423 g/mol. The predicted octanol–water partition coefficient (Wildman–Crippen LogP) is 4.25. The summed E-state index contributed by atoms with van der Waals surface area (Å²) in [6, 6.07) is 5.27. The number of aromatic nitrogens is 3. The van der Waals surface area contributed by atoms with Crippen molar-refractivity contribution in [2.45, 2.75) is 76.8 Å². The Kier molecular flexibility index (Phi) is 6.56. The molecule has 3 rings (SSSR count). The molecule has 1 fully saturated rings. The van der Waals surface area contributed by atoms with Crippen molar-refractivity contribution in [3.8, 4) is 0 Å². The second-order valence-electron chi connectivity index (χ2n) is 9.96. The molecular formula is C20H34N4O2SSi. The molecule has 0 amide bonds. The largest absolute Gasteiger partial charge is 0.598 e. The van der Waals surface area contributed by atoms with Crippen molar-refractivity contribution in [1.82, 2.24) is 19.3 Å². The van der Waals surface area contributed by atoms with Gasteiger partial charge in [0.25, 0.3) is 0 Å². The van der Waals surface area contributed by atoms with Gasteiger partial charge in [0.1, 0.15) is 11.5 Å². The zero-order valence-corrected chi connectivity index (χ0v) is 19.8. The molecule has 2 aromatic rings. The van der Waals surface area contributed by atoms with Crippen LogP contribution in [-0.2, 0) is 22.8 Å². The van der Waals surface area contributed by atoms with Gasteiger partial charge in [0.2, 0.25) is 0 Å². The number of fused-ring (bicyclic) bond motifs is 1. The Morgan fingerprint density at radius 2 is 2.04 bits per heavy atom. The van der Waals surface area contributed by atoms with E-state index in [-0.39, 0.29) is 10.8 Å². The van der Waals surface area contributed by atoms with Crippen LogP contribution in [0.25, 0.3) is 11.2 Å². The second-order valence-corrected chi connectivity index (χ2v) is 17.6. The average Bonchev–Trinajstić information content (AvgIpc) is 3.35. The zero-order chi connectivity index (χ0) is 20.5. The molecule has 2 heterocycles. The van der Waals surface area contributed by atoms with Gasteiger partial charge in [-0.3, -0.25) is 0 Å². The molecule has 156 valence electrons. The van der Waals surface area contributed by atoms with Crippen LogP contribution in [0.1, 0.15) is 45.3 Å². The third-order valence-electron chi connectivity index (χ3n) is 4.93. The summed E-state index contributed by atoms with van der Waals surface area (Å²) in [7, 11) is -1.08. The summed E-state index contributed by atoms with van der Waals surface area (Å²) in [6.45, 7) is 14.3. The van der Waals surface area contributed by atoms with Crippen LogP contribution in [0, 0.1) is 5.92 Å². The molecule has 0 saturated heterocycles. The Labute approximate surface area is 172 Å². The highest BCUT2D eigenvalue weighted by Crippen LogP contribution is 2.41. The fourth-order valence-corrected chi connectivity index (χ4v) is 4.55. The molecule has 1 saturated carbocycles. The van der Waals surface area contributed by atoms with Crippen molar-refractivity contribution in [3.63, 3.8) is 0 Å². The van der Waals surface area contributed by atoms with Crippen molar-refractivity contribution in [2.75, 3.05) is 6.61 Å². The summed E-state index contributed by atoms with van der Waals surface area (Å²) in [4.78, 5) is 9.26. The standard InChI is InChI=1S/C20H34N4O2SSi/c1-20(2,3)27(25)23-18(15-7-8-15)16-9-10-17-19(22-16)21-13-24(17)14-26-11-12-28(4,5)6/h9-10,13,15,18,23H,7-8,11-12,14H2,1-6H3/t18-,27?/m1/s1. The highest BCUT2D eigenvalue weighted by molar-refractivity contribution is 7.90. The van der Waals surface area contributed by atoms with Gasteiger partial charge in [0.05, 0.1) is 23.6 Å². The van der Waals surface area contributed by atoms with Gasteiger partial charge in [0, 0.05) is 26.0 Å².